The summed E-state index contributed by atoms with van der Waals surface area (Å²) in [5.74, 6) is 0.954. The topological polar surface area (TPSA) is 42.3 Å². The number of hydrogen-bond donors (Lipinski definition) is 1. The second-order valence-corrected chi connectivity index (χ2v) is 6.24. The average Bonchev–Trinajstić information content (AvgIpc) is 2.91. The molecule has 5 nitrogen and oxygen atoms in total. The van der Waals surface area contributed by atoms with Gasteiger partial charge < -0.3 is 15.0 Å². The van der Waals surface area contributed by atoms with Gasteiger partial charge in [-0.2, -0.15) is 5.10 Å². The van der Waals surface area contributed by atoms with Crippen LogP contribution in [0.15, 0.2) is 30.5 Å². The standard InChI is InChI=1S/C18H26N4O/c1-14-11-20-21(2)17(14)12-19-15-7-6-10-22(13-15)16-8-4-5-9-18(16)23-3/h4-5,8-9,11,15,19H,6-7,10,12-13H2,1-3H3. The predicted octanol–water partition coefficient (Wildman–Crippen LogP) is 2.50. The van der Waals surface area contributed by atoms with Crippen molar-refractivity contribution in [3.8, 4) is 5.75 Å². The molecule has 1 saturated heterocycles. The van der Waals surface area contributed by atoms with E-state index in [-0.39, 0.29) is 0 Å². The van der Waals surface area contributed by atoms with Gasteiger partial charge >= 0.3 is 0 Å². The van der Waals surface area contributed by atoms with Gasteiger partial charge in [-0.05, 0) is 37.5 Å². The Bertz CT molecular complexity index is 633. The van der Waals surface area contributed by atoms with Crippen molar-refractivity contribution in [2.24, 2.45) is 7.05 Å². The normalized spacial score (nSPS) is 18.2. The van der Waals surface area contributed by atoms with Crippen molar-refractivity contribution in [3.05, 3.63) is 41.7 Å². The number of methoxy groups -OCH3 is 1. The first-order valence-corrected chi connectivity index (χ1v) is 8.28. The Hall–Kier alpha value is -2.01. The van der Waals surface area contributed by atoms with Gasteiger partial charge in [-0.1, -0.05) is 12.1 Å². The zero-order valence-corrected chi connectivity index (χ0v) is 14.2. The molecule has 0 bridgehead atoms. The summed E-state index contributed by atoms with van der Waals surface area (Å²) >= 11 is 0. The van der Waals surface area contributed by atoms with E-state index in [1.54, 1.807) is 7.11 Å². The van der Waals surface area contributed by atoms with Crippen molar-refractivity contribution in [1.29, 1.82) is 0 Å². The number of aryl methyl sites for hydroxylation is 2. The van der Waals surface area contributed by atoms with E-state index in [1.807, 2.05) is 30.1 Å². The molecule has 1 aromatic heterocycles. The second-order valence-electron chi connectivity index (χ2n) is 6.24. The van der Waals surface area contributed by atoms with Crippen LogP contribution in [-0.4, -0.2) is 36.0 Å². The zero-order chi connectivity index (χ0) is 16.2. The molecule has 1 unspecified atom stereocenters. The van der Waals surface area contributed by atoms with E-state index in [2.05, 4.69) is 34.4 Å². The fraction of sp³-hybridized carbons (Fsp3) is 0.500. The number of anilines is 1. The molecule has 2 aromatic rings. The van der Waals surface area contributed by atoms with Crippen LogP contribution in [0.5, 0.6) is 5.75 Å². The van der Waals surface area contributed by atoms with Crippen LogP contribution in [-0.2, 0) is 13.6 Å². The molecule has 0 amide bonds. The van der Waals surface area contributed by atoms with Crippen molar-refractivity contribution >= 4 is 5.69 Å². The molecule has 0 aliphatic carbocycles. The molecule has 1 aliphatic rings. The highest BCUT2D eigenvalue weighted by Gasteiger charge is 2.22. The fourth-order valence-corrected chi connectivity index (χ4v) is 3.32. The molecular formula is C18H26N4O. The molecule has 0 spiro atoms. The Morgan fingerprint density at radius 3 is 2.91 bits per heavy atom. The van der Waals surface area contributed by atoms with Gasteiger partial charge in [-0.15, -0.1) is 0 Å². The molecule has 1 aromatic carbocycles. The van der Waals surface area contributed by atoms with Crippen LogP contribution in [0.4, 0.5) is 5.69 Å². The van der Waals surface area contributed by atoms with E-state index in [0.717, 1.165) is 25.4 Å². The monoisotopic (exact) mass is 314 g/mol. The summed E-state index contributed by atoms with van der Waals surface area (Å²) in [7, 11) is 3.75. The summed E-state index contributed by atoms with van der Waals surface area (Å²) in [6.45, 7) is 5.08. The minimum absolute atomic E-state index is 0.489. The lowest BCUT2D eigenvalue weighted by molar-refractivity contribution is 0.397. The largest absolute Gasteiger partial charge is 0.495 e. The maximum Gasteiger partial charge on any atom is 0.142 e. The molecule has 2 heterocycles. The highest BCUT2D eigenvalue weighted by molar-refractivity contribution is 5.58. The Kier molecular flexibility index (Phi) is 4.86. The quantitative estimate of drug-likeness (QED) is 0.921. The highest BCUT2D eigenvalue weighted by atomic mass is 16.5. The molecule has 1 N–H and O–H groups in total. The number of piperidine rings is 1. The van der Waals surface area contributed by atoms with Crippen molar-refractivity contribution in [2.45, 2.75) is 32.4 Å². The third-order valence-electron chi connectivity index (χ3n) is 4.68. The Balaban J connectivity index is 1.64. The maximum absolute atomic E-state index is 5.51. The molecule has 1 atom stereocenters. The SMILES string of the molecule is COc1ccccc1N1CCCC(NCc2c(C)cnn2C)C1. The van der Waals surface area contributed by atoms with Crippen molar-refractivity contribution in [3.63, 3.8) is 0 Å². The summed E-state index contributed by atoms with van der Waals surface area (Å²) in [4.78, 5) is 2.43. The molecule has 3 rings (SSSR count). The Morgan fingerprint density at radius 2 is 2.17 bits per heavy atom. The van der Waals surface area contributed by atoms with E-state index in [9.17, 15) is 0 Å². The summed E-state index contributed by atoms with van der Waals surface area (Å²) in [6.07, 6.45) is 4.33. The molecule has 5 heteroatoms. The van der Waals surface area contributed by atoms with E-state index >= 15 is 0 Å². The summed E-state index contributed by atoms with van der Waals surface area (Å²) in [6, 6.07) is 8.77. The summed E-state index contributed by atoms with van der Waals surface area (Å²) < 4.78 is 7.47. The van der Waals surface area contributed by atoms with Gasteiger partial charge in [0.15, 0.2) is 0 Å². The Labute approximate surface area is 138 Å². The number of benzene rings is 1. The number of aromatic nitrogens is 2. The first-order chi connectivity index (χ1) is 11.2. The number of nitrogens with one attached hydrogen (secondary N) is 1. The van der Waals surface area contributed by atoms with Gasteiger partial charge in [0.1, 0.15) is 5.75 Å². The molecule has 124 valence electrons. The Morgan fingerprint density at radius 1 is 1.35 bits per heavy atom. The number of nitrogens with zero attached hydrogens (tertiary/aromatic N) is 3. The third-order valence-corrected chi connectivity index (χ3v) is 4.68. The molecule has 0 radical (unpaired) electrons. The van der Waals surface area contributed by atoms with E-state index < -0.39 is 0 Å². The highest BCUT2D eigenvalue weighted by Crippen LogP contribution is 2.29. The average molecular weight is 314 g/mol. The van der Waals surface area contributed by atoms with E-state index in [1.165, 1.54) is 29.8 Å². The van der Waals surface area contributed by atoms with Gasteiger partial charge in [-0.25, -0.2) is 0 Å². The molecule has 0 saturated carbocycles. The minimum Gasteiger partial charge on any atom is -0.495 e. The lowest BCUT2D eigenvalue weighted by Gasteiger charge is -2.35. The predicted molar refractivity (Wildman–Crippen MR) is 93.0 cm³/mol. The van der Waals surface area contributed by atoms with Gasteiger partial charge in [-0.3, -0.25) is 4.68 Å². The van der Waals surface area contributed by atoms with E-state index in [4.69, 9.17) is 4.74 Å². The second kappa shape index (κ2) is 7.04. The van der Waals surface area contributed by atoms with Crippen molar-refractivity contribution < 1.29 is 4.74 Å². The molecule has 1 aliphatic heterocycles. The van der Waals surface area contributed by atoms with Gasteiger partial charge in [0.25, 0.3) is 0 Å². The van der Waals surface area contributed by atoms with Crippen LogP contribution in [0.2, 0.25) is 0 Å². The summed E-state index contributed by atoms with van der Waals surface area (Å²) in [5, 5.41) is 8.01. The maximum atomic E-state index is 5.51. The minimum atomic E-state index is 0.489. The lowest BCUT2D eigenvalue weighted by atomic mass is 10.0. The van der Waals surface area contributed by atoms with Gasteiger partial charge in [0.05, 0.1) is 24.7 Å². The van der Waals surface area contributed by atoms with E-state index in [0.29, 0.717) is 6.04 Å². The lowest BCUT2D eigenvalue weighted by Crippen LogP contribution is -2.45. The van der Waals surface area contributed by atoms with Gasteiger partial charge in [0, 0.05) is 32.7 Å². The molecule has 1 fully saturated rings. The smallest absolute Gasteiger partial charge is 0.142 e. The third kappa shape index (κ3) is 3.50. The fourth-order valence-electron chi connectivity index (χ4n) is 3.32. The van der Waals surface area contributed by atoms with Crippen LogP contribution < -0.4 is 15.0 Å². The zero-order valence-electron chi connectivity index (χ0n) is 14.2. The first kappa shape index (κ1) is 15.9. The van der Waals surface area contributed by atoms with Crippen LogP contribution in [0.25, 0.3) is 0 Å². The van der Waals surface area contributed by atoms with Crippen molar-refractivity contribution in [1.82, 2.24) is 15.1 Å². The number of ether oxygens (including phenoxy) is 1. The number of rotatable bonds is 5. The van der Waals surface area contributed by atoms with Gasteiger partial charge in [0.2, 0.25) is 0 Å². The first-order valence-electron chi connectivity index (χ1n) is 8.28. The summed E-state index contributed by atoms with van der Waals surface area (Å²) in [5.41, 5.74) is 3.70. The van der Waals surface area contributed by atoms with Crippen LogP contribution in [0, 0.1) is 6.92 Å². The van der Waals surface area contributed by atoms with Crippen LogP contribution in [0.3, 0.4) is 0 Å². The molecular weight excluding hydrogens is 288 g/mol. The molecule has 23 heavy (non-hydrogen) atoms. The van der Waals surface area contributed by atoms with Crippen LogP contribution >= 0.6 is 0 Å². The number of para-hydroxylation sites is 2. The van der Waals surface area contributed by atoms with Crippen LogP contribution in [0.1, 0.15) is 24.1 Å². The number of hydrogen-bond acceptors (Lipinski definition) is 4. The van der Waals surface area contributed by atoms with Crippen molar-refractivity contribution in [2.75, 3.05) is 25.1 Å².